The smallest absolute Gasteiger partial charge is 0.232 e. The van der Waals surface area contributed by atoms with Crippen molar-refractivity contribution in [2.75, 3.05) is 0 Å². The Morgan fingerprint density at radius 1 is 1.09 bits per heavy atom. The quantitative estimate of drug-likeness (QED) is 0.843. The minimum atomic E-state index is -0.0270. The van der Waals surface area contributed by atoms with Crippen LogP contribution in [0, 0.1) is 5.92 Å². The van der Waals surface area contributed by atoms with Gasteiger partial charge in [-0.25, -0.2) is 4.99 Å². The SMILES string of the molecule is C[C@@H]1C(=O)N(Cc2ccccc2)C2=Nc3ccccc3S[C@H]21. The van der Waals surface area contributed by atoms with E-state index in [9.17, 15) is 4.79 Å². The molecule has 1 amide bonds. The van der Waals surface area contributed by atoms with Crippen LogP contribution >= 0.6 is 11.8 Å². The minimum Gasteiger partial charge on any atom is -0.295 e. The van der Waals surface area contributed by atoms with Crippen LogP contribution in [-0.4, -0.2) is 21.9 Å². The Bertz CT molecular complexity index is 757. The molecule has 2 aromatic rings. The number of nitrogens with zero attached hydrogens (tertiary/aromatic N) is 2. The van der Waals surface area contributed by atoms with Gasteiger partial charge < -0.3 is 0 Å². The molecule has 22 heavy (non-hydrogen) atoms. The molecule has 0 unspecified atom stereocenters. The third-order valence-electron chi connectivity index (χ3n) is 4.18. The lowest BCUT2D eigenvalue weighted by atomic mass is 10.1. The number of aliphatic imine (C=N–C) groups is 1. The van der Waals surface area contributed by atoms with Gasteiger partial charge in [0, 0.05) is 4.90 Å². The van der Waals surface area contributed by atoms with Crippen molar-refractivity contribution in [1.29, 1.82) is 0 Å². The normalized spacial score (nSPS) is 23.0. The molecule has 2 aliphatic heterocycles. The fraction of sp³-hybridized carbons (Fsp3) is 0.222. The molecule has 0 saturated carbocycles. The highest BCUT2D eigenvalue weighted by molar-refractivity contribution is 8.01. The molecule has 1 fully saturated rings. The molecule has 0 bridgehead atoms. The molecule has 0 N–H and O–H groups in total. The highest BCUT2D eigenvalue weighted by Gasteiger charge is 2.45. The van der Waals surface area contributed by atoms with E-state index >= 15 is 0 Å². The molecule has 4 heteroatoms. The van der Waals surface area contributed by atoms with Gasteiger partial charge >= 0.3 is 0 Å². The van der Waals surface area contributed by atoms with Crippen molar-refractivity contribution in [1.82, 2.24) is 4.90 Å². The van der Waals surface area contributed by atoms with Gasteiger partial charge in [0.1, 0.15) is 5.84 Å². The summed E-state index contributed by atoms with van der Waals surface area (Å²) in [4.78, 5) is 20.5. The van der Waals surface area contributed by atoms with Gasteiger partial charge in [-0.2, -0.15) is 0 Å². The number of fused-ring (bicyclic) bond motifs is 2. The van der Waals surface area contributed by atoms with E-state index in [1.807, 2.05) is 48.2 Å². The second kappa shape index (κ2) is 5.29. The number of hydrogen-bond donors (Lipinski definition) is 0. The van der Waals surface area contributed by atoms with Crippen LogP contribution < -0.4 is 0 Å². The van der Waals surface area contributed by atoms with E-state index in [2.05, 4.69) is 18.2 Å². The van der Waals surface area contributed by atoms with Crippen LogP contribution in [0.5, 0.6) is 0 Å². The van der Waals surface area contributed by atoms with Crippen molar-refractivity contribution in [2.45, 2.75) is 23.6 Å². The van der Waals surface area contributed by atoms with E-state index in [4.69, 9.17) is 4.99 Å². The van der Waals surface area contributed by atoms with Gasteiger partial charge in [0.2, 0.25) is 5.91 Å². The van der Waals surface area contributed by atoms with Crippen LogP contribution in [0.3, 0.4) is 0 Å². The minimum absolute atomic E-state index is 0.0270. The average Bonchev–Trinajstić information content (AvgIpc) is 2.79. The van der Waals surface area contributed by atoms with Gasteiger partial charge in [-0.1, -0.05) is 49.4 Å². The molecule has 2 atom stereocenters. The fourth-order valence-corrected chi connectivity index (χ4v) is 4.25. The number of carbonyl (C=O) groups excluding carboxylic acids is 1. The molecular weight excluding hydrogens is 292 g/mol. The Balaban J connectivity index is 1.73. The molecule has 3 nitrogen and oxygen atoms in total. The zero-order chi connectivity index (χ0) is 15.1. The molecule has 0 radical (unpaired) electrons. The Kier molecular flexibility index (Phi) is 3.26. The number of likely N-dealkylation sites (tertiary alicyclic amines) is 1. The van der Waals surface area contributed by atoms with Gasteiger partial charge in [0.05, 0.1) is 23.4 Å². The summed E-state index contributed by atoms with van der Waals surface area (Å²) in [5.74, 6) is 1.05. The summed E-state index contributed by atoms with van der Waals surface area (Å²) < 4.78 is 0. The maximum Gasteiger partial charge on any atom is 0.232 e. The molecule has 0 aliphatic carbocycles. The Morgan fingerprint density at radius 3 is 2.64 bits per heavy atom. The molecular formula is C18H16N2OS. The summed E-state index contributed by atoms with van der Waals surface area (Å²) in [6.07, 6.45) is 0. The second-order valence-electron chi connectivity index (χ2n) is 5.67. The third-order valence-corrected chi connectivity index (χ3v) is 5.65. The first-order valence-electron chi connectivity index (χ1n) is 7.43. The summed E-state index contributed by atoms with van der Waals surface area (Å²) in [5, 5.41) is 0.131. The second-order valence-corrected chi connectivity index (χ2v) is 6.86. The molecule has 2 heterocycles. The standard InChI is InChI=1S/C18H16N2OS/c1-12-16-17(19-14-9-5-6-10-15(14)22-16)20(18(12)21)11-13-7-3-2-4-8-13/h2-10,12,16H,11H2,1H3/t12-,16-/m0/s1. The highest BCUT2D eigenvalue weighted by atomic mass is 32.2. The Hall–Kier alpha value is -2.07. The van der Waals surface area contributed by atoms with Crippen molar-refractivity contribution in [2.24, 2.45) is 10.9 Å². The third kappa shape index (κ3) is 2.15. The monoisotopic (exact) mass is 308 g/mol. The lowest BCUT2D eigenvalue weighted by Crippen LogP contribution is -2.31. The van der Waals surface area contributed by atoms with Gasteiger partial charge in [-0.15, -0.1) is 11.8 Å². The number of carbonyl (C=O) groups is 1. The summed E-state index contributed by atoms with van der Waals surface area (Å²) in [6.45, 7) is 2.61. The van der Waals surface area contributed by atoms with E-state index < -0.39 is 0 Å². The molecule has 2 aliphatic rings. The molecule has 4 rings (SSSR count). The number of amidine groups is 1. The number of hydrogen-bond acceptors (Lipinski definition) is 3. The fourth-order valence-electron chi connectivity index (χ4n) is 2.98. The van der Waals surface area contributed by atoms with Gasteiger partial charge in [-0.05, 0) is 17.7 Å². The Morgan fingerprint density at radius 2 is 1.82 bits per heavy atom. The number of para-hydroxylation sites is 1. The molecule has 0 spiro atoms. The number of amides is 1. The first-order chi connectivity index (χ1) is 10.7. The van der Waals surface area contributed by atoms with Crippen molar-refractivity contribution < 1.29 is 4.79 Å². The number of rotatable bonds is 2. The molecule has 2 aromatic carbocycles. The van der Waals surface area contributed by atoms with Gasteiger partial charge in [-0.3, -0.25) is 9.69 Å². The average molecular weight is 308 g/mol. The molecule has 110 valence electrons. The van der Waals surface area contributed by atoms with Crippen LogP contribution in [0.4, 0.5) is 5.69 Å². The molecule has 0 aromatic heterocycles. The van der Waals surface area contributed by atoms with E-state index in [1.54, 1.807) is 11.8 Å². The predicted molar refractivity (Wildman–Crippen MR) is 89.3 cm³/mol. The summed E-state index contributed by atoms with van der Waals surface area (Å²) in [6, 6.07) is 18.2. The van der Waals surface area contributed by atoms with E-state index in [0.717, 1.165) is 22.0 Å². The summed E-state index contributed by atoms with van der Waals surface area (Å²) in [7, 11) is 0. The lowest BCUT2D eigenvalue weighted by molar-refractivity contribution is -0.129. The van der Waals surface area contributed by atoms with Crippen molar-refractivity contribution in [3.05, 3.63) is 60.2 Å². The van der Waals surface area contributed by atoms with E-state index in [-0.39, 0.29) is 17.1 Å². The summed E-state index contributed by atoms with van der Waals surface area (Å²) in [5.41, 5.74) is 2.11. The van der Waals surface area contributed by atoms with Crippen LogP contribution in [-0.2, 0) is 11.3 Å². The molecule has 1 saturated heterocycles. The topological polar surface area (TPSA) is 32.7 Å². The van der Waals surface area contributed by atoms with E-state index in [1.165, 1.54) is 0 Å². The largest absolute Gasteiger partial charge is 0.295 e. The van der Waals surface area contributed by atoms with Crippen LogP contribution in [0.25, 0.3) is 0 Å². The first kappa shape index (κ1) is 13.6. The zero-order valence-corrected chi connectivity index (χ0v) is 13.1. The number of thioether (sulfide) groups is 1. The van der Waals surface area contributed by atoms with Crippen LogP contribution in [0.15, 0.2) is 64.5 Å². The van der Waals surface area contributed by atoms with Crippen molar-refractivity contribution in [3.8, 4) is 0 Å². The van der Waals surface area contributed by atoms with Crippen LogP contribution in [0.2, 0.25) is 0 Å². The number of benzene rings is 2. The van der Waals surface area contributed by atoms with Gasteiger partial charge in [0.15, 0.2) is 0 Å². The van der Waals surface area contributed by atoms with Crippen LogP contribution in [0.1, 0.15) is 12.5 Å². The maximum absolute atomic E-state index is 12.7. The lowest BCUT2D eigenvalue weighted by Gasteiger charge is -2.23. The predicted octanol–water partition coefficient (Wildman–Crippen LogP) is 3.87. The summed E-state index contributed by atoms with van der Waals surface area (Å²) >= 11 is 1.76. The zero-order valence-electron chi connectivity index (χ0n) is 12.3. The van der Waals surface area contributed by atoms with Gasteiger partial charge in [0.25, 0.3) is 0 Å². The Labute approximate surface area is 134 Å². The van der Waals surface area contributed by atoms with Crippen molar-refractivity contribution >= 4 is 29.2 Å². The first-order valence-corrected chi connectivity index (χ1v) is 8.31. The highest BCUT2D eigenvalue weighted by Crippen LogP contribution is 2.44. The maximum atomic E-state index is 12.7. The van der Waals surface area contributed by atoms with E-state index in [0.29, 0.717) is 6.54 Å². The van der Waals surface area contributed by atoms with Crippen molar-refractivity contribution in [3.63, 3.8) is 0 Å².